The van der Waals surface area contributed by atoms with Gasteiger partial charge in [-0.2, -0.15) is 0 Å². The van der Waals surface area contributed by atoms with Crippen LogP contribution in [0.25, 0.3) is 0 Å². The van der Waals surface area contributed by atoms with Crippen LogP contribution in [0.3, 0.4) is 0 Å². The highest BCUT2D eigenvalue weighted by Gasteiger charge is 2.32. The third-order valence-corrected chi connectivity index (χ3v) is 5.28. The predicted octanol–water partition coefficient (Wildman–Crippen LogP) is -1.99. The first-order valence-electron chi connectivity index (χ1n) is 11.5. The number of nitrogens with two attached hydrogens (primary N) is 1. The van der Waals surface area contributed by atoms with E-state index in [4.69, 9.17) is 21.1 Å². The molecule has 4 unspecified atom stereocenters. The minimum atomic E-state index is -1.85. The highest BCUT2D eigenvalue weighted by atomic mass is 16.4. The van der Waals surface area contributed by atoms with Gasteiger partial charge in [-0.05, 0) is 37.0 Å². The Balaban J connectivity index is 3.01. The van der Waals surface area contributed by atoms with Crippen molar-refractivity contribution in [1.82, 2.24) is 16.0 Å². The van der Waals surface area contributed by atoms with E-state index in [1.165, 1.54) is 24.3 Å². The average molecular weight is 555 g/mol. The van der Waals surface area contributed by atoms with Gasteiger partial charge in [0.15, 0.2) is 0 Å². The van der Waals surface area contributed by atoms with Crippen molar-refractivity contribution in [3.05, 3.63) is 29.8 Å². The molecule has 0 aliphatic rings. The lowest BCUT2D eigenvalue weighted by Gasteiger charge is -2.24. The summed E-state index contributed by atoms with van der Waals surface area (Å²) in [6, 6.07) is -0.580. The van der Waals surface area contributed by atoms with Crippen LogP contribution in [-0.4, -0.2) is 91.3 Å². The fourth-order valence-corrected chi connectivity index (χ4v) is 3.25. The van der Waals surface area contributed by atoms with E-state index in [9.17, 15) is 43.8 Å². The largest absolute Gasteiger partial charge is 0.508 e. The summed E-state index contributed by atoms with van der Waals surface area (Å²) >= 11 is 0. The molecule has 0 radical (unpaired) electrons. The normalized spacial score (nSPS) is 13.7. The lowest BCUT2D eigenvalue weighted by molar-refractivity contribution is -0.144. The highest BCUT2D eigenvalue weighted by Crippen LogP contribution is 2.11. The van der Waals surface area contributed by atoms with Crippen molar-refractivity contribution in [2.75, 3.05) is 0 Å². The fourth-order valence-electron chi connectivity index (χ4n) is 3.25. The second kappa shape index (κ2) is 15.5. The number of carboxylic acid groups (broad SMARTS) is 4. The summed E-state index contributed by atoms with van der Waals surface area (Å²) in [6.07, 6.45) is -3.24. The number of hydrogen-bond acceptors (Lipinski definition) is 9. The highest BCUT2D eigenvalue weighted by molar-refractivity contribution is 5.95. The molecule has 0 heterocycles. The summed E-state index contributed by atoms with van der Waals surface area (Å²) in [6.45, 7) is 0. The zero-order valence-corrected chi connectivity index (χ0v) is 20.5. The molecule has 0 spiro atoms. The lowest BCUT2D eigenvalue weighted by atomic mass is 10.0. The number of carbonyl (C=O) groups excluding carboxylic acids is 3. The van der Waals surface area contributed by atoms with Gasteiger partial charge >= 0.3 is 23.9 Å². The van der Waals surface area contributed by atoms with Crippen molar-refractivity contribution in [2.45, 2.75) is 62.7 Å². The van der Waals surface area contributed by atoms with E-state index in [2.05, 4.69) is 10.6 Å². The average Bonchev–Trinajstić information content (AvgIpc) is 2.84. The molecule has 0 aliphatic heterocycles. The van der Waals surface area contributed by atoms with Crippen LogP contribution in [0, 0.1) is 0 Å². The van der Waals surface area contributed by atoms with Gasteiger partial charge in [0, 0.05) is 12.8 Å². The van der Waals surface area contributed by atoms with E-state index >= 15 is 0 Å². The van der Waals surface area contributed by atoms with Gasteiger partial charge in [-0.25, -0.2) is 4.79 Å². The molecule has 16 nitrogen and oxygen atoms in total. The van der Waals surface area contributed by atoms with Crippen molar-refractivity contribution < 1.29 is 59.1 Å². The minimum absolute atomic E-state index is 0.0151. The van der Waals surface area contributed by atoms with Gasteiger partial charge in [0.2, 0.25) is 17.7 Å². The van der Waals surface area contributed by atoms with Crippen LogP contribution in [0.5, 0.6) is 5.75 Å². The SMILES string of the molecule is NC(Cc1ccc(O)cc1)C(=O)NC(CCC(=O)O)C(=O)NC(CC(=O)O)C(=O)NC(CCC(=O)O)C(=O)O. The number of aromatic hydroxyl groups is 1. The van der Waals surface area contributed by atoms with Crippen molar-refractivity contribution >= 4 is 41.6 Å². The Morgan fingerprint density at radius 3 is 1.62 bits per heavy atom. The van der Waals surface area contributed by atoms with E-state index in [-0.39, 0.29) is 12.2 Å². The number of carboxylic acids is 4. The van der Waals surface area contributed by atoms with Crippen LogP contribution in [0.15, 0.2) is 24.3 Å². The van der Waals surface area contributed by atoms with Gasteiger partial charge in [-0.1, -0.05) is 12.1 Å². The summed E-state index contributed by atoms with van der Waals surface area (Å²) < 4.78 is 0. The third kappa shape index (κ3) is 12.4. The van der Waals surface area contributed by atoms with E-state index in [0.717, 1.165) is 0 Å². The molecule has 1 rings (SSSR count). The maximum atomic E-state index is 12.9. The Morgan fingerprint density at radius 1 is 0.667 bits per heavy atom. The number of rotatable bonds is 17. The summed E-state index contributed by atoms with van der Waals surface area (Å²) in [5.74, 6) is -9.10. The molecule has 39 heavy (non-hydrogen) atoms. The number of phenols is 1. The zero-order valence-electron chi connectivity index (χ0n) is 20.5. The molecule has 3 amide bonds. The Bertz CT molecular complexity index is 1080. The predicted molar refractivity (Wildman–Crippen MR) is 129 cm³/mol. The first-order chi connectivity index (χ1) is 18.2. The number of amides is 3. The Morgan fingerprint density at radius 2 is 1.13 bits per heavy atom. The quantitative estimate of drug-likeness (QED) is 0.101. The number of aliphatic carboxylic acids is 4. The molecule has 10 N–H and O–H groups in total. The van der Waals surface area contributed by atoms with Crippen LogP contribution in [0.1, 0.15) is 37.7 Å². The molecule has 1 aromatic rings. The van der Waals surface area contributed by atoms with Gasteiger partial charge in [0.25, 0.3) is 0 Å². The minimum Gasteiger partial charge on any atom is -0.508 e. The zero-order chi connectivity index (χ0) is 29.7. The molecule has 0 saturated carbocycles. The molecular weight excluding hydrogens is 524 g/mol. The maximum absolute atomic E-state index is 12.9. The first-order valence-corrected chi connectivity index (χ1v) is 11.5. The fraction of sp³-hybridized carbons (Fsp3) is 0.435. The van der Waals surface area contributed by atoms with Gasteiger partial charge in [0.1, 0.15) is 23.9 Å². The van der Waals surface area contributed by atoms with Crippen molar-refractivity contribution in [3.8, 4) is 5.75 Å². The van der Waals surface area contributed by atoms with Crippen LogP contribution in [0.2, 0.25) is 0 Å². The topological polar surface area (TPSA) is 283 Å². The maximum Gasteiger partial charge on any atom is 0.326 e. The number of benzene rings is 1. The summed E-state index contributed by atoms with van der Waals surface area (Å²) in [5, 5.41) is 51.8. The molecule has 16 heteroatoms. The molecule has 0 fully saturated rings. The van der Waals surface area contributed by atoms with Crippen molar-refractivity contribution in [1.29, 1.82) is 0 Å². The Labute approximate surface area is 221 Å². The van der Waals surface area contributed by atoms with E-state index in [1.54, 1.807) is 0 Å². The molecule has 1 aromatic carbocycles. The smallest absolute Gasteiger partial charge is 0.326 e. The molecule has 0 bridgehead atoms. The molecular formula is C23H30N4O12. The molecule has 0 aliphatic carbocycles. The summed E-state index contributed by atoms with van der Waals surface area (Å²) in [5.41, 5.74) is 6.44. The van der Waals surface area contributed by atoms with E-state index < -0.39 is 97.9 Å². The van der Waals surface area contributed by atoms with Gasteiger partial charge in [0.05, 0.1) is 12.5 Å². The first kappa shape index (κ1) is 32.3. The van der Waals surface area contributed by atoms with Crippen LogP contribution in [0.4, 0.5) is 0 Å². The number of phenolic OH excluding ortho intramolecular Hbond substituents is 1. The Kier molecular flexibility index (Phi) is 12.8. The number of carbonyl (C=O) groups is 7. The summed E-state index contributed by atoms with van der Waals surface area (Å²) in [4.78, 5) is 82.5. The van der Waals surface area contributed by atoms with Gasteiger partial charge in [-0.3, -0.25) is 28.8 Å². The second-order valence-electron chi connectivity index (χ2n) is 8.46. The van der Waals surface area contributed by atoms with E-state index in [1.807, 2.05) is 5.32 Å². The number of nitrogens with one attached hydrogen (secondary N) is 3. The van der Waals surface area contributed by atoms with Crippen LogP contribution >= 0.6 is 0 Å². The van der Waals surface area contributed by atoms with Crippen molar-refractivity contribution in [2.24, 2.45) is 5.73 Å². The molecule has 0 aromatic heterocycles. The van der Waals surface area contributed by atoms with Gasteiger partial charge in [-0.15, -0.1) is 0 Å². The van der Waals surface area contributed by atoms with Crippen LogP contribution in [-0.2, 0) is 40.0 Å². The molecule has 0 saturated heterocycles. The van der Waals surface area contributed by atoms with Crippen molar-refractivity contribution in [3.63, 3.8) is 0 Å². The Hall–Kier alpha value is -4.73. The second-order valence-corrected chi connectivity index (χ2v) is 8.46. The van der Waals surface area contributed by atoms with Gasteiger partial charge < -0.3 is 47.2 Å². The third-order valence-electron chi connectivity index (χ3n) is 5.28. The number of hydrogen-bond donors (Lipinski definition) is 9. The molecule has 214 valence electrons. The standard InChI is InChI=1S/C23H30N4O12/c24-13(9-11-1-3-12(28)4-2-11)20(35)25-14(5-7-17(29)30)21(36)27-16(10-19(33)34)22(37)26-15(23(38)39)6-8-18(31)32/h1-4,13-16,28H,5-10,24H2,(H,25,35)(H,26,37)(H,27,36)(H,29,30)(H,31,32)(H,33,34)(H,38,39). The summed E-state index contributed by atoms with van der Waals surface area (Å²) in [7, 11) is 0. The van der Waals surface area contributed by atoms with E-state index in [0.29, 0.717) is 5.56 Å². The monoisotopic (exact) mass is 554 g/mol. The molecule has 4 atom stereocenters. The lowest BCUT2D eigenvalue weighted by Crippen LogP contribution is -2.57. The van der Waals surface area contributed by atoms with Crippen LogP contribution < -0.4 is 21.7 Å².